The van der Waals surface area contributed by atoms with Crippen molar-refractivity contribution in [1.82, 2.24) is 5.43 Å². The van der Waals surface area contributed by atoms with Crippen LogP contribution in [0, 0.1) is 56.2 Å². The van der Waals surface area contributed by atoms with Crippen LogP contribution in [0.25, 0.3) is 0 Å². The van der Waals surface area contributed by atoms with Crippen LogP contribution in [0.5, 0.6) is 0 Å². The van der Waals surface area contributed by atoms with E-state index in [1.165, 1.54) is 43.3 Å². The molecule has 0 spiro atoms. The molecule has 5 rings (SSSR count). The number of nitrogens with zero attached hydrogens (tertiary/aromatic N) is 1. The first-order valence-corrected chi connectivity index (χ1v) is 15.4. The minimum Gasteiger partial charge on any atom is -0.271 e. The van der Waals surface area contributed by atoms with E-state index in [-0.39, 0.29) is 27.2 Å². The molecule has 38 heavy (non-hydrogen) atoms. The molecule has 3 nitrogen and oxygen atoms in total. The number of hydrogen-bond donors (Lipinski definition) is 2. The van der Waals surface area contributed by atoms with Crippen molar-refractivity contribution in [3.63, 3.8) is 0 Å². The third-order valence-electron chi connectivity index (χ3n) is 13.0. The zero-order chi connectivity index (χ0) is 27.9. The number of hydrogen-bond acceptors (Lipinski definition) is 3. The highest BCUT2D eigenvalue weighted by atomic mass is 15.3. The number of rotatable bonds is 3. The van der Waals surface area contributed by atoms with E-state index in [0.29, 0.717) is 23.2 Å². The number of nitriles is 1. The molecule has 5 aliphatic rings. The maximum atomic E-state index is 10.3. The molecule has 5 aliphatic carbocycles. The molecule has 7 unspecified atom stereocenters. The number of nitrogens with two attached hydrogens (primary N) is 1. The van der Waals surface area contributed by atoms with E-state index in [2.05, 4.69) is 85.1 Å². The largest absolute Gasteiger partial charge is 0.271 e. The van der Waals surface area contributed by atoms with Crippen LogP contribution in [-0.4, -0.2) is 5.54 Å². The summed E-state index contributed by atoms with van der Waals surface area (Å²) in [4.78, 5) is 0. The maximum absolute atomic E-state index is 10.3. The van der Waals surface area contributed by atoms with Gasteiger partial charge in [-0.2, -0.15) is 5.26 Å². The van der Waals surface area contributed by atoms with Crippen molar-refractivity contribution in [1.29, 1.82) is 5.26 Å². The van der Waals surface area contributed by atoms with Crippen molar-refractivity contribution < 1.29 is 0 Å². The van der Waals surface area contributed by atoms with Gasteiger partial charge in [-0.05, 0) is 103 Å². The zero-order valence-electron chi connectivity index (χ0n) is 25.6. The van der Waals surface area contributed by atoms with Crippen LogP contribution in [0.1, 0.15) is 113 Å². The molecule has 0 aliphatic heterocycles. The molecule has 0 aromatic heterocycles. The highest BCUT2D eigenvalue weighted by Crippen LogP contribution is 2.74. The van der Waals surface area contributed by atoms with Gasteiger partial charge in [-0.15, -0.1) is 0 Å². The first kappa shape index (κ1) is 27.9. The number of nitrogens with one attached hydrogen (secondary N) is 1. The highest BCUT2D eigenvalue weighted by molar-refractivity contribution is 5.55. The van der Waals surface area contributed by atoms with Gasteiger partial charge < -0.3 is 0 Å². The normalized spacial score (nSPS) is 46.1. The van der Waals surface area contributed by atoms with Gasteiger partial charge in [0, 0.05) is 11.0 Å². The maximum Gasteiger partial charge on any atom is 0.0991 e. The zero-order valence-corrected chi connectivity index (χ0v) is 25.6. The van der Waals surface area contributed by atoms with Gasteiger partial charge in [0.1, 0.15) is 0 Å². The molecule has 0 saturated heterocycles. The van der Waals surface area contributed by atoms with Gasteiger partial charge in [-0.25, -0.2) is 0 Å². The van der Waals surface area contributed by atoms with Crippen LogP contribution in [0.15, 0.2) is 47.1 Å². The molecule has 0 bridgehead atoms. The van der Waals surface area contributed by atoms with E-state index in [4.69, 9.17) is 12.4 Å². The molecule has 3 heteroatoms. The van der Waals surface area contributed by atoms with Crippen LogP contribution in [0.4, 0.5) is 0 Å². The molecule has 7 atom stereocenters. The predicted molar refractivity (Wildman–Crippen MR) is 159 cm³/mol. The van der Waals surface area contributed by atoms with Gasteiger partial charge >= 0.3 is 0 Å². The summed E-state index contributed by atoms with van der Waals surface area (Å²) in [6.07, 6.45) is 17.7. The van der Waals surface area contributed by atoms with E-state index in [1.807, 2.05) is 0 Å². The lowest BCUT2D eigenvalue weighted by atomic mass is 9.35. The summed E-state index contributed by atoms with van der Waals surface area (Å²) in [7, 11) is 0. The topological polar surface area (TPSA) is 61.8 Å². The molecular weight excluding hydrogens is 462 g/mol. The van der Waals surface area contributed by atoms with E-state index >= 15 is 0 Å². The molecule has 3 N–H and O–H groups in total. The Morgan fingerprint density at radius 3 is 2.39 bits per heavy atom. The molecule has 0 aromatic carbocycles. The second-order valence-corrected chi connectivity index (χ2v) is 15.5. The summed E-state index contributed by atoms with van der Waals surface area (Å²) in [6, 6.07) is 2.62. The fourth-order valence-electron chi connectivity index (χ4n) is 11.5. The van der Waals surface area contributed by atoms with Crippen molar-refractivity contribution in [3.05, 3.63) is 47.1 Å². The average molecular weight is 516 g/mol. The smallest absolute Gasteiger partial charge is 0.0991 e. The summed E-state index contributed by atoms with van der Waals surface area (Å²) in [5.41, 5.74) is 8.85. The van der Waals surface area contributed by atoms with Crippen LogP contribution in [0.2, 0.25) is 0 Å². The fraction of sp³-hybridized carbons (Fsp3) is 0.743. The Hall–Kier alpha value is -1.63. The van der Waals surface area contributed by atoms with E-state index < -0.39 is 0 Å². The van der Waals surface area contributed by atoms with Gasteiger partial charge in [-0.1, -0.05) is 91.3 Å². The number of hydrazine groups is 1. The summed E-state index contributed by atoms with van der Waals surface area (Å²) < 4.78 is 0. The summed E-state index contributed by atoms with van der Waals surface area (Å²) >= 11 is 0. The molecule has 0 radical (unpaired) electrons. The Labute approximate surface area is 233 Å². The molecule has 3 saturated carbocycles. The Bertz CT molecular complexity index is 1160. The summed E-state index contributed by atoms with van der Waals surface area (Å²) in [6.45, 7) is 24.2. The highest BCUT2D eigenvalue weighted by Gasteiger charge is 2.68. The lowest BCUT2D eigenvalue weighted by molar-refractivity contribution is -0.139. The summed E-state index contributed by atoms with van der Waals surface area (Å²) in [5.74, 6) is 7.99. The van der Waals surface area contributed by atoms with Gasteiger partial charge in [0.05, 0.1) is 11.6 Å². The van der Waals surface area contributed by atoms with E-state index in [1.54, 1.807) is 5.57 Å². The second-order valence-electron chi connectivity index (χ2n) is 15.5. The molecule has 208 valence electrons. The lowest BCUT2D eigenvalue weighted by Crippen LogP contribution is -2.71. The molecule has 3 fully saturated rings. The molecule has 0 heterocycles. The van der Waals surface area contributed by atoms with Gasteiger partial charge in [-0.3, -0.25) is 11.3 Å². The van der Waals surface area contributed by atoms with Crippen molar-refractivity contribution in [2.24, 2.45) is 50.7 Å². The Balaban J connectivity index is 1.70. The third kappa shape index (κ3) is 3.38. The second kappa shape index (κ2) is 8.68. The average Bonchev–Trinajstić information content (AvgIpc) is 2.86. The standard InChI is InChI=1S/C35H53N3/c1-10-12-25-24(21-36)20-33(9)27(31(25,6)7)14-15-32(8)26-13-16-35(38-37)18-17-30(4,5)22-34(35,11-2)29(26)23(3)19-28(32)33/h12,19-20,26-27,29,38H,3,10-11,13-18,22,37H2,1-2,4-9H3/b25-12+. The SMILES string of the molecule is C=C1C=C2C3(C)C=C(C#N)/C(=C\CC)C(C)(C)C3CCC2(C)C2CCC3(NN)CCC(C)(C)CC3(CC)C12. The monoisotopic (exact) mass is 515 g/mol. The van der Waals surface area contributed by atoms with Crippen molar-refractivity contribution >= 4 is 0 Å². The van der Waals surface area contributed by atoms with Crippen molar-refractivity contribution in [2.45, 2.75) is 119 Å². The number of allylic oxidation sites excluding steroid dienone is 7. The minimum absolute atomic E-state index is 0.00918. The predicted octanol–water partition coefficient (Wildman–Crippen LogP) is 8.57. The fourth-order valence-corrected chi connectivity index (χ4v) is 11.5. The lowest BCUT2D eigenvalue weighted by Gasteiger charge is -2.70. The molecule has 0 aromatic rings. The Morgan fingerprint density at radius 1 is 1.08 bits per heavy atom. The van der Waals surface area contributed by atoms with Gasteiger partial charge in [0.25, 0.3) is 0 Å². The van der Waals surface area contributed by atoms with E-state index in [0.717, 1.165) is 31.3 Å². The summed E-state index contributed by atoms with van der Waals surface area (Å²) in [5, 5.41) is 10.3. The van der Waals surface area contributed by atoms with E-state index in [9.17, 15) is 5.26 Å². The van der Waals surface area contributed by atoms with Gasteiger partial charge in [0.2, 0.25) is 0 Å². The van der Waals surface area contributed by atoms with Crippen LogP contribution in [-0.2, 0) is 0 Å². The molecular formula is C35H53N3. The quantitative estimate of drug-likeness (QED) is 0.292. The molecule has 0 amide bonds. The first-order valence-electron chi connectivity index (χ1n) is 15.4. The first-order chi connectivity index (χ1) is 17.7. The minimum atomic E-state index is -0.133. The van der Waals surface area contributed by atoms with Gasteiger partial charge in [0.15, 0.2) is 0 Å². The third-order valence-corrected chi connectivity index (χ3v) is 13.0. The van der Waals surface area contributed by atoms with Crippen molar-refractivity contribution in [2.75, 3.05) is 0 Å². The van der Waals surface area contributed by atoms with Crippen LogP contribution < -0.4 is 11.3 Å². The number of fused-ring (bicyclic) bond motifs is 7. The van der Waals surface area contributed by atoms with Crippen LogP contribution in [0.3, 0.4) is 0 Å². The van der Waals surface area contributed by atoms with Crippen LogP contribution >= 0.6 is 0 Å². The van der Waals surface area contributed by atoms with Crippen molar-refractivity contribution in [3.8, 4) is 6.07 Å². The Morgan fingerprint density at radius 2 is 1.79 bits per heavy atom. The Kier molecular flexibility index (Phi) is 6.38.